The molecule has 1 aromatic rings. The Morgan fingerprint density at radius 1 is 1.53 bits per heavy atom. The fraction of sp³-hybridized carbons (Fsp3) is 0.400. The van der Waals surface area contributed by atoms with Crippen molar-refractivity contribution in [2.75, 3.05) is 24.2 Å². The van der Waals surface area contributed by atoms with Crippen LogP contribution in [0.3, 0.4) is 0 Å². The van der Waals surface area contributed by atoms with Gasteiger partial charge in [-0.05, 0) is 12.0 Å². The molecule has 0 spiro atoms. The Bertz CT molecular complexity index is 415. The van der Waals surface area contributed by atoms with Crippen LogP contribution in [-0.4, -0.2) is 28.4 Å². The van der Waals surface area contributed by atoms with Gasteiger partial charge in [-0.3, -0.25) is 4.57 Å². The predicted octanol–water partition coefficient (Wildman–Crippen LogP) is 0.720. The molecular weight excluding hydrogens is 190 g/mol. The second-order valence-electron chi connectivity index (χ2n) is 3.69. The molecule has 0 aliphatic heterocycles. The Kier molecular flexibility index (Phi) is 2.45. The van der Waals surface area contributed by atoms with Crippen molar-refractivity contribution in [1.82, 2.24) is 14.8 Å². The lowest BCUT2D eigenvalue weighted by molar-refractivity contribution is 0.843. The molecule has 0 saturated heterocycles. The fourth-order valence-electron chi connectivity index (χ4n) is 1.63. The van der Waals surface area contributed by atoms with Crippen molar-refractivity contribution in [3.63, 3.8) is 0 Å². The molecule has 0 saturated carbocycles. The minimum absolute atomic E-state index is 0.438. The van der Waals surface area contributed by atoms with Crippen LogP contribution in [0, 0.1) is 0 Å². The third-order valence-corrected chi connectivity index (χ3v) is 2.49. The Hall–Kier alpha value is -1.78. The number of hydrogen-bond donors (Lipinski definition) is 1. The van der Waals surface area contributed by atoms with Gasteiger partial charge in [0, 0.05) is 20.6 Å². The molecule has 2 rings (SSSR count). The average molecular weight is 205 g/mol. The third kappa shape index (κ3) is 1.86. The normalized spacial score (nSPS) is 14.4. The van der Waals surface area contributed by atoms with Gasteiger partial charge >= 0.3 is 0 Å². The molecule has 0 atom stereocenters. The summed E-state index contributed by atoms with van der Waals surface area (Å²) in [5, 5.41) is 7.84. The number of nitrogens with zero attached hydrogens (tertiary/aromatic N) is 4. The zero-order valence-electron chi connectivity index (χ0n) is 9.01. The number of allylic oxidation sites excluding steroid dienone is 2. The lowest BCUT2D eigenvalue weighted by atomic mass is 10.3. The topological polar surface area (TPSA) is 60.0 Å². The highest BCUT2D eigenvalue weighted by atomic mass is 15.4. The van der Waals surface area contributed by atoms with E-state index in [0.717, 1.165) is 18.9 Å². The van der Waals surface area contributed by atoms with Gasteiger partial charge in [0.15, 0.2) is 0 Å². The van der Waals surface area contributed by atoms with E-state index in [1.165, 1.54) is 5.57 Å². The molecule has 5 heteroatoms. The number of likely N-dealkylation sites (N-methyl/N-ethyl adjacent to an activating group) is 1. The highest BCUT2D eigenvalue weighted by molar-refractivity contribution is 5.40. The molecule has 80 valence electrons. The van der Waals surface area contributed by atoms with E-state index < -0.39 is 0 Å². The zero-order valence-corrected chi connectivity index (χ0v) is 9.01. The molecule has 1 aliphatic rings. The lowest BCUT2D eigenvalue weighted by Gasteiger charge is -2.17. The smallest absolute Gasteiger partial charge is 0.228 e. The Labute approximate surface area is 88.9 Å². The molecule has 1 aliphatic carbocycles. The summed E-state index contributed by atoms with van der Waals surface area (Å²) in [4.78, 5) is 2.03. The van der Waals surface area contributed by atoms with Gasteiger partial charge in [-0.1, -0.05) is 18.2 Å². The van der Waals surface area contributed by atoms with Crippen LogP contribution in [0.2, 0.25) is 0 Å². The lowest BCUT2D eigenvalue weighted by Crippen LogP contribution is -2.22. The highest BCUT2D eigenvalue weighted by Gasteiger charge is 2.11. The molecule has 0 radical (unpaired) electrons. The van der Waals surface area contributed by atoms with Crippen LogP contribution >= 0.6 is 0 Å². The number of rotatable bonds is 3. The second kappa shape index (κ2) is 3.76. The van der Waals surface area contributed by atoms with Gasteiger partial charge < -0.3 is 10.6 Å². The Morgan fingerprint density at radius 2 is 2.33 bits per heavy atom. The summed E-state index contributed by atoms with van der Waals surface area (Å²) in [6.07, 6.45) is 7.52. The van der Waals surface area contributed by atoms with Gasteiger partial charge in [-0.15, -0.1) is 10.2 Å². The quantitative estimate of drug-likeness (QED) is 0.790. The summed E-state index contributed by atoms with van der Waals surface area (Å²) in [7, 11) is 3.84. The summed E-state index contributed by atoms with van der Waals surface area (Å²) < 4.78 is 1.78. The maximum absolute atomic E-state index is 5.62. The molecule has 1 heterocycles. The molecule has 15 heavy (non-hydrogen) atoms. The summed E-state index contributed by atoms with van der Waals surface area (Å²) in [5.41, 5.74) is 6.93. The van der Waals surface area contributed by atoms with Crippen LogP contribution in [0.25, 0.3) is 0 Å². The maximum Gasteiger partial charge on any atom is 0.228 e. The first-order valence-corrected chi connectivity index (χ1v) is 4.90. The molecule has 5 nitrogen and oxygen atoms in total. The van der Waals surface area contributed by atoms with Crippen LogP contribution in [0.5, 0.6) is 0 Å². The summed E-state index contributed by atoms with van der Waals surface area (Å²) in [5.74, 6) is 1.22. The van der Waals surface area contributed by atoms with Crippen molar-refractivity contribution in [3.05, 3.63) is 23.8 Å². The fourth-order valence-corrected chi connectivity index (χ4v) is 1.63. The van der Waals surface area contributed by atoms with Crippen LogP contribution in [0.1, 0.15) is 6.42 Å². The molecule has 0 amide bonds. The van der Waals surface area contributed by atoms with Crippen molar-refractivity contribution in [1.29, 1.82) is 0 Å². The largest absolute Gasteiger partial charge is 0.368 e. The first kappa shape index (κ1) is 9.76. The predicted molar refractivity (Wildman–Crippen MR) is 60.5 cm³/mol. The van der Waals surface area contributed by atoms with E-state index in [4.69, 9.17) is 5.73 Å². The highest BCUT2D eigenvalue weighted by Crippen LogP contribution is 2.15. The van der Waals surface area contributed by atoms with Crippen LogP contribution in [0.15, 0.2) is 23.8 Å². The SMILES string of the molecule is CN(CC1=CCC=C1)c1nnc(N)n1C. The minimum atomic E-state index is 0.438. The summed E-state index contributed by atoms with van der Waals surface area (Å²) >= 11 is 0. The van der Waals surface area contributed by atoms with Gasteiger partial charge in [0.05, 0.1) is 0 Å². The molecule has 1 aromatic heterocycles. The first-order chi connectivity index (χ1) is 7.18. The number of aromatic nitrogens is 3. The molecule has 2 N–H and O–H groups in total. The van der Waals surface area contributed by atoms with E-state index in [0.29, 0.717) is 5.95 Å². The Morgan fingerprint density at radius 3 is 2.87 bits per heavy atom. The minimum Gasteiger partial charge on any atom is -0.368 e. The summed E-state index contributed by atoms with van der Waals surface area (Å²) in [6, 6.07) is 0. The van der Waals surface area contributed by atoms with E-state index in [1.807, 2.05) is 19.0 Å². The van der Waals surface area contributed by atoms with Crippen molar-refractivity contribution in [2.45, 2.75) is 6.42 Å². The zero-order chi connectivity index (χ0) is 10.8. The first-order valence-electron chi connectivity index (χ1n) is 4.90. The van der Waals surface area contributed by atoms with Gasteiger partial charge in [0.25, 0.3) is 0 Å². The molecule has 0 fully saturated rings. The number of nitrogen functional groups attached to an aromatic ring is 1. The second-order valence-corrected chi connectivity index (χ2v) is 3.69. The standard InChI is InChI=1S/C10H15N5/c1-14(7-8-5-3-4-6-8)10-13-12-9(11)15(10)2/h3,5-6H,4,7H2,1-2H3,(H2,11,12). The monoisotopic (exact) mass is 205 g/mol. The Balaban J connectivity index is 2.10. The average Bonchev–Trinajstić information content (AvgIpc) is 2.79. The maximum atomic E-state index is 5.62. The van der Waals surface area contributed by atoms with Gasteiger partial charge in [-0.25, -0.2) is 0 Å². The third-order valence-electron chi connectivity index (χ3n) is 2.49. The molecular formula is C10H15N5. The van der Waals surface area contributed by atoms with Crippen LogP contribution in [0.4, 0.5) is 11.9 Å². The van der Waals surface area contributed by atoms with E-state index in [2.05, 4.69) is 28.4 Å². The number of hydrogen-bond acceptors (Lipinski definition) is 4. The van der Waals surface area contributed by atoms with Gasteiger partial charge in [-0.2, -0.15) is 0 Å². The van der Waals surface area contributed by atoms with Crippen molar-refractivity contribution < 1.29 is 0 Å². The van der Waals surface area contributed by atoms with Gasteiger partial charge in [0.1, 0.15) is 0 Å². The van der Waals surface area contributed by atoms with Gasteiger partial charge in [0.2, 0.25) is 11.9 Å². The summed E-state index contributed by atoms with van der Waals surface area (Å²) in [6.45, 7) is 0.836. The van der Waals surface area contributed by atoms with Crippen LogP contribution in [-0.2, 0) is 7.05 Å². The van der Waals surface area contributed by atoms with Crippen molar-refractivity contribution in [2.24, 2.45) is 7.05 Å². The molecule has 0 aromatic carbocycles. The number of nitrogens with two attached hydrogens (primary N) is 1. The molecule has 0 bridgehead atoms. The number of anilines is 2. The van der Waals surface area contributed by atoms with E-state index in [-0.39, 0.29) is 0 Å². The van der Waals surface area contributed by atoms with E-state index >= 15 is 0 Å². The molecule has 0 unspecified atom stereocenters. The van der Waals surface area contributed by atoms with Crippen LogP contribution < -0.4 is 10.6 Å². The van der Waals surface area contributed by atoms with E-state index in [9.17, 15) is 0 Å². The van der Waals surface area contributed by atoms with Crippen molar-refractivity contribution in [3.8, 4) is 0 Å². The van der Waals surface area contributed by atoms with Crippen molar-refractivity contribution >= 4 is 11.9 Å². The van der Waals surface area contributed by atoms with E-state index in [1.54, 1.807) is 4.57 Å².